The molecule has 0 unspecified atom stereocenters. The predicted octanol–water partition coefficient (Wildman–Crippen LogP) is 4.05. The Kier molecular flexibility index (Phi) is 4.22. The molecule has 6 heteroatoms. The zero-order valence-corrected chi connectivity index (χ0v) is 12.3. The van der Waals surface area contributed by atoms with Gasteiger partial charge >= 0.3 is 0 Å². The van der Waals surface area contributed by atoms with Crippen molar-refractivity contribution in [2.45, 2.75) is 19.8 Å². The minimum atomic E-state index is 0.435. The first-order valence-electron chi connectivity index (χ1n) is 5.97. The van der Waals surface area contributed by atoms with Crippen LogP contribution in [-0.2, 0) is 13.5 Å². The van der Waals surface area contributed by atoms with Gasteiger partial charge in [-0.1, -0.05) is 36.5 Å². The van der Waals surface area contributed by atoms with Crippen LogP contribution in [-0.4, -0.2) is 9.78 Å². The van der Waals surface area contributed by atoms with Crippen molar-refractivity contribution >= 4 is 28.9 Å². The summed E-state index contributed by atoms with van der Waals surface area (Å²) in [7, 11) is 1.79. The number of nitrogens with two attached hydrogens (primary N) is 1. The van der Waals surface area contributed by atoms with Crippen LogP contribution in [0.3, 0.4) is 0 Å². The van der Waals surface area contributed by atoms with E-state index in [9.17, 15) is 0 Å². The molecule has 1 aromatic carbocycles. The fourth-order valence-electron chi connectivity index (χ4n) is 1.78. The quantitative estimate of drug-likeness (QED) is 0.926. The average molecular weight is 300 g/mol. The van der Waals surface area contributed by atoms with Crippen molar-refractivity contribution in [3.63, 3.8) is 0 Å². The lowest BCUT2D eigenvalue weighted by Gasteiger charge is -2.08. The van der Waals surface area contributed by atoms with Crippen molar-refractivity contribution in [2.75, 3.05) is 5.73 Å². The van der Waals surface area contributed by atoms with Crippen molar-refractivity contribution in [1.29, 1.82) is 0 Å². The third-order valence-electron chi connectivity index (χ3n) is 2.69. The molecule has 19 heavy (non-hydrogen) atoms. The molecule has 0 aliphatic heterocycles. The van der Waals surface area contributed by atoms with Crippen LogP contribution < -0.4 is 10.5 Å². The van der Waals surface area contributed by atoms with Crippen LogP contribution >= 0.6 is 23.2 Å². The molecular formula is C13H15Cl2N3O. The zero-order valence-electron chi connectivity index (χ0n) is 10.8. The lowest BCUT2D eigenvalue weighted by Crippen LogP contribution is -1.97. The molecule has 0 saturated carbocycles. The number of nitrogen functional groups attached to an aromatic ring is 1. The first kappa shape index (κ1) is 14.0. The Morgan fingerprint density at radius 3 is 2.74 bits per heavy atom. The molecule has 0 atom stereocenters. The molecule has 0 fully saturated rings. The largest absolute Gasteiger partial charge is 0.436 e. The molecule has 102 valence electrons. The molecule has 1 aromatic heterocycles. The van der Waals surface area contributed by atoms with E-state index in [0.717, 1.165) is 18.5 Å². The Morgan fingerprint density at radius 2 is 2.11 bits per heavy atom. The van der Waals surface area contributed by atoms with Crippen molar-refractivity contribution in [3.8, 4) is 11.6 Å². The summed E-state index contributed by atoms with van der Waals surface area (Å²) >= 11 is 11.9. The third-order valence-corrected chi connectivity index (χ3v) is 3.22. The molecule has 0 bridgehead atoms. The summed E-state index contributed by atoms with van der Waals surface area (Å²) < 4.78 is 7.35. The molecule has 0 aliphatic rings. The number of nitrogens with zero attached hydrogens (tertiary/aromatic N) is 2. The van der Waals surface area contributed by atoms with Gasteiger partial charge < -0.3 is 10.5 Å². The molecule has 0 spiro atoms. The maximum Gasteiger partial charge on any atom is 0.241 e. The third kappa shape index (κ3) is 2.96. The number of aryl methyl sites for hydroxylation is 2. The standard InChI is InChI=1S/C13H15Cl2N3O/c1-3-4-10-12(16)13(18(2)17-10)19-11-6-5-8(14)7-9(11)15/h5-7H,3-4,16H2,1-2H3. The number of halogens is 2. The van der Waals surface area contributed by atoms with E-state index in [0.29, 0.717) is 27.4 Å². The Morgan fingerprint density at radius 1 is 1.37 bits per heavy atom. The molecule has 0 amide bonds. The Hall–Kier alpha value is -1.39. The van der Waals surface area contributed by atoms with Gasteiger partial charge in [-0.05, 0) is 24.6 Å². The summed E-state index contributed by atoms with van der Waals surface area (Å²) in [6, 6.07) is 5.04. The van der Waals surface area contributed by atoms with E-state index < -0.39 is 0 Å². The van der Waals surface area contributed by atoms with Gasteiger partial charge in [0.05, 0.1) is 10.7 Å². The number of ether oxygens (including phenoxy) is 1. The van der Waals surface area contributed by atoms with Crippen LogP contribution in [0.15, 0.2) is 18.2 Å². The van der Waals surface area contributed by atoms with E-state index >= 15 is 0 Å². The van der Waals surface area contributed by atoms with Gasteiger partial charge in [0.2, 0.25) is 5.88 Å². The number of benzene rings is 1. The Balaban J connectivity index is 2.33. The van der Waals surface area contributed by atoms with Gasteiger partial charge in [-0.2, -0.15) is 5.10 Å². The fourth-order valence-corrected chi connectivity index (χ4v) is 2.23. The summed E-state index contributed by atoms with van der Waals surface area (Å²) in [5.41, 5.74) is 7.43. The van der Waals surface area contributed by atoms with Crippen LogP contribution in [0.5, 0.6) is 11.6 Å². The minimum Gasteiger partial charge on any atom is -0.436 e. The highest BCUT2D eigenvalue weighted by Crippen LogP contribution is 2.35. The topological polar surface area (TPSA) is 53.1 Å². The lowest BCUT2D eigenvalue weighted by atomic mass is 10.2. The lowest BCUT2D eigenvalue weighted by molar-refractivity contribution is 0.432. The highest BCUT2D eigenvalue weighted by molar-refractivity contribution is 6.35. The van der Waals surface area contributed by atoms with E-state index in [1.54, 1.807) is 29.9 Å². The van der Waals surface area contributed by atoms with Gasteiger partial charge in [0, 0.05) is 12.1 Å². The average Bonchev–Trinajstić information content (AvgIpc) is 2.60. The SMILES string of the molecule is CCCc1nn(C)c(Oc2ccc(Cl)cc2Cl)c1N. The van der Waals surface area contributed by atoms with Gasteiger partial charge in [0.15, 0.2) is 0 Å². The van der Waals surface area contributed by atoms with Gasteiger partial charge in [0.1, 0.15) is 11.4 Å². The molecule has 2 aromatic rings. The van der Waals surface area contributed by atoms with Crippen LogP contribution in [0, 0.1) is 0 Å². The summed E-state index contributed by atoms with van der Waals surface area (Å²) in [4.78, 5) is 0. The summed E-state index contributed by atoms with van der Waals surface area (Å²) in [6.07, 6.45) is 1.79. The number of hydrogen-bond acceptors (Lipinski definition) is 3. The highest BCUT2D eigenvalue weighted by Gasteiger charge is 2.16. The van der Waals surface area contributed by atoms with Crippen LogP contribution in [0.4, 0.5) is 5.69 Å². The second-order valence-corrected chi connectivity index (χ2v) is 5.06. The van der Waals surface area contributed by atoms with Gasteiger partial charge in [-0.15, -0.1) is 0 Å². The Labute approximate surface area is 122 Å². The normalized spacial score (nSPS) is 10.7. The van der Waals surface area contributed by atoms with Crippen molar-refractivity contribution in [2.24, 2.45) is 7.05 Å². The van der Waals surface area contributed by atoms with Crippen molar-refractivity contribution < 1.29 is 4.74 Å². The van der Waals surface area contributed by atoms with Gasteiger partial charge in [-0.25, -0.2) is 4.68 Å². The van der Waals surface area contributed by atoms with Crippen LogP contribution in [0.2, 0.25) is 10.0 Å². The van der Waals surface area contributed by atoms with Crippen molar-refractivity contribution in [1.82, 2.24) is 9.78 Å². The first-order valence-corrected chi connectivity index (χ1v) is 6.72. The minimum absolute atomic E-state index is 0.435. The predicted molar refractivity (Wildman–Crippen MR) is 78.2 cm³/mol. The number of anilines is 1. The second kappa shape index (κ2) is 5.72. The number of hydrogen-bond donors (Lipinski definition) is 1. The van der Waals surface area contributed by atoms with Crippen molar-refractivity contribution in [3.05, 3.63) is 33.9 Å². The first-order chi connectivity index (χ1) is 9.02. The maximum absolute atomic E-state index is 6.07. The highest BCUT2D eigenvalue weighted by atomic mass is 35.5. The molecular weight excluding hydrogens is 285 g/mol. The second-order valence-electron chi connectivity index (χ2n) is 4.22. The van der Waals surface area contributed by atoms with Gasteiger partial charge in [-0.3, -0.25) is 0 Å². The maximum atomic E-state index is 6.07. The van der Waals surface area contributed by atoms with Gasteiger partial charge in [0.25, 0.3) is 0 Å². The van der Waals surface area contributed by atoms with E-state index in [4.69, 9.17) is 33.7 Å². The monoisotopic (exact) mass is 299 g/mol. The van der Waals surface area contributed by atoms with Crippen LogP contribution in [0.1, 0.15) is 19.0 Å². The molecule has 4 nitrogen and oxygen atoms in total. The molecule has 1 heterocycles. The van der Waals surface area contributed by atoms with E-state index in [-0.39, 0.29) is 0 Å². The fraction of sp³-hybridized carbons (Fsp3) is 0.308. The molecule has 0 aliphatic carbocycles. The van der Waals surface area contributed by atoms with E-state index in [1.165, 1.54) is 0 Å². The van der Waals surface area contributed by atoms with E-state index in [1.807, 2.05) is 0 Å². The molecule has 0 saturated heterocycles. The number of rotatable bonds is 4. The summed E-state index contributed by atoms with van der Waals surface area (Å²) in [5.74, 6) is 0.997. The van der Waals surface area contributed by atoms with E-state index in [2.05, 4.69) is 12.0 Å². The Bertz CT molecular complexity index is 596. The summed E-state index contributed by atoms with van der Waals surface area (Å²) in [5, 5.41) is 5.33. The molecule has 0 radical (unpaired) electrons. The zero-order chi connectivity index (χ0) is 14.0. The summed E-state index contributed by atoms with van der Waals surface area (Å²) in [6.45, 7) is 2.07. The van der Waals surface area contributed by atoms with Crippen LogP contribution in [0.25, 0.3) is 0 Å². The molecule has 2 N–H and O–H groups in total. The molecule has 2 rings (SSSR count). The number of aromatic nitrogens is 2. The smallest absolute Gasteiger partial charge is 0.241 e.